The molecule has 1 aliphatic rings. The Balaban J connectivity index is 2.30. The number of nitriles is 1. The highest BCUT2D eigenvalue weighted by Gasteiger charge is 2.37. The molecule has 0 amide bonds. The second kappa shape index (κ2) is 5.19. The molecule has 4 nitrogen and oxygen atoms in total. The van der Waals surface area contributed by atoms with Crippen molar-refractivity contribution in [2.75, 3.05) is 0 Å². The lowest BCUT2D eigenvalue weighted by Crippen LogP contribution is -2.41. The smallest absolute Gasteiger partial charge is 0.208 e. The maximum Gasteiger partial charge on any atom is 0.241 e. The van der Waals surface area contributed by atoms with E-state index >= 15 is 0 Å². The van der Waals surface area contributed by atoms with Crippen molar-refractivity contribution in [3.8, 4) is 6.07 Å². The zero-order valence-corrected chi connectivity index (χ0v) is 12.9. The van der Waals surface area contributed by atoms with Gasteiger partial charge >= 0.3 is 0 Å². The van der Waals surface area contributed by atoms with Crippen LogP contribution in [0.25, 0.3) is 0 Å². The standard InChI is InChI=1S/C15H20N2O2S/c1-11-9-12(10-16)6-7-13(11)20(18,19)17-14-5-4-8-15(14,2)3/h6-7,9,14,17H,4-5,8H2,1-3H3. The highest BCUT2D eigenvalue weighted by molar-refractivity contribution is 7.89. The van der Waals surface area contributed by atoms with Crippen LogP contribution in [0, 0.1) is 23.7 Å². The summed E-state index contributed by atoms with van der Waals surface area (Å²) >= 11 is 0. The van der Waals surface area contributed by atoms with Gasteiger partial charge in [-0.1, -0.05) is 20.3 Å². The van der Waals surface area contributed by atoms with Crippen LogP contribution >= 0.6 is 0 Å². The van der Waals surface area contributed by atoms with E-state index in [0.29, 0.717) is 11.1 Å². The highest BCUT2D eigenvalue weighted by Crippen LogP contribution is 2.38. The van der Waals surface area contributed by atoms with Gasteiger partial charge in [0.2, 0.25) is 10.0 Å². The minimum absolute atomic E-state index is 0.00638. The van der Waals surface area contributed by atoms with Crippen LogP contribution in [0.1, 0.15) is 44.2 Å². The number of benzene rings is 1. The predicted octanol–water partition coefficient (Wildman–Crippen LogP) is 2.72. The van der Waals surface area contributed by atoms with E-state index in [-0.39, 0.29) is 16.4 Å². The summed E-state index contributed by atoms with van der Waals surface area (Å²) in [5.74, 6) is 0. The number of aryl methyl sites for hydroxylation is 1. The lowest BCUT2D eigenvalue weighted by molar-refractivity contribution is 0.313. The van der Waals surface area contributed by atoms with Crippen LogP contribution in [0.5, 0.6) is 0 Å². The highest BCUT2D eigenvalue weighted by atomic mass is 32.2. The summed E-state index contributed by atoms with van der Waals surface area (Å²) in [6, 6.07) is 6.65. The molecule has 0 bridgehead atoms. The van der Waals surface area contributed by atoms with Crippen LogP contribution in [0.4, 0.5) is 0 Å². The summed E-state index contributed by atoms with van der Waals surface area (Å²) in [5, 5.41) is 8.84. The minimum atomic E-state index is -3.53. The third kappa shape index (κ3) is 2.87. The number of nitrogens with one attached hydrogen (secondary N) is 1. The Morgan fingerprint density at radius 3 is 2.60 bits per heavy atom. The Morgan fingerprint density at radius 1 is 1.40 bits per heavy atom. The summed E-state index contributed by atoms with van der Waals surface area (Å²) in [6.07, 6.45) is 2.96. The van der Waals surface area contributed by atoms with Gasteiger partial charge in [0, 0.05) is 6.04 Å². The summed E-state index contributed by atoms with van der Waals surface area (Å²) in [6.45, 7) is 5.91. The van der Waals surface area contributed by atoms with Gasteiger partial charge in [-0.05, 0) is 48.9 Å². The third-order valence-corrected chi connectivity index (χ3v) is 5.78. The molecule has 1 saturated carbocycles. The summed E-state index contributed by atoms with van der Waals surface area (Å²) < 4.78 is 27.8. The molecule has 1 N–H and O–H groups in total. The van der Waals surface area contributed by atoms with Gasteiger partial charge < -0.3 is 0 Å². The number of nitrogens with zero attached hydrogens (tertiary/aromatic N) is 1. The number of hydrogen-bond donors (Lipinski definition) is 1. The van der Waals surface area contributed by atoms with E-state index in [9.17, 15) is 8.42 Å². The Labute approximate surface area is 120 Å². The van der Waals surface area contributed by atoms with Gasteiger partial charge in [-0.15, -0.1) is 0 Å². The van der Waals surface area contributed by atoms with Crippen LogP contribution in [-0.4, -0.2) is 14.5 Å². The maximum absolute atomic E-state index is 12.5. The van der Waals surface area contributed by atoms with Crippen LogP contribution in [0.3, 0.4) is 0 Å². The van der Waals surface area contributed by atoms with Gasteiger partial charge in [0.25, 0.3) is 0 Å². The van der Waals surface area contributed by atoms with E-state index < -0.39 is 10.0 Å². The van der Waals surface area contributed by atoms with Crippen LogP contribution in [-0.2, 0) is 10.0 Å². The molecular weight excluding hydrogens is 272 g/mol. The second-order valence-corrected chi connectivity index (χ2v) is 7.83. The van der Waals surface area contributed by atoms with Crippen molar-refractivity contribution in [2.24, 2.45) is 5.41 Å². The molecular formula is C15H20N2O2S. The lowest BCUT2D eigenvalue weighted by Gasteiger charge is -2.27. The molecule has 1 aromatic rings. The van der Waals surface area contributed by atoms with Crippen molar-refractivity contribution in [2.45, 2.75) is 51.0 Å². The largest absolute Gasteiger partial charge is 0.241 e. The van der Waals surface area contributed by atoms with Crippen molar-refractivity contribution >= 4 is 10.0 Å². The van der Waals surface area contributed by atoms with E-state index in [0.717, 1.165) is 19.3 Å². The van der Waals surface area contributed by atoms with Gasteiger partial charge in [0.1, 0.15) is 0 Å². The van der Waals surface area contributed by atoms with E-state index in [1.165, 1.54) is 6.07 Å². The first kappa shape index (κ1) is 15.0. The van der Waals surface area contributed by atoms with Crippen molar-refractivity contribution in [1.82, 2.24) is 4.72 Å². The number of hydrogen-bond acceptors (Lipinski definition) is 3. The number of rotatable bonds is 3. The molecule has 0 spiro atoms. The molecule has 108 valence electrons. The molecule has 1 aliphatic carbocycles. The molecule has 1 fully saturated rings. The maximum atomic E-state index is 12.5. The lowest BCUT2D eigenvalue weighted by atomic mass is 9.88. The van der Waals surface area contributed by atoms with E-state index in [1.54, 1.807) is 19.1 Å². The zero-order chi connectivity index (χ0) is 15.0. The average molecular weight is 292 g/mol. The molecule has 1 unspecified atom stereocenters. The zero-order valence-electron chi connectivity index (χ0n) is 12.1. The van der Waals surface area contributed by atoms with E-state index in [1.807, 2.05) is 6.07 Å². The predicted molar refractivity (Wildman–Crippen MR) is 77.6 cm³/mol. The molecule has 1 aromatic carbocycles. The van der Waals surface area contributed by atoms with Gasteiger partial charge in [-0.25, -0.2) is 13.1 Å². The van der Waals surface area contributed by atoms with Crippen molar-refractivity contribution < 1.29 is 8.42 Å². The van der Waals surface area contributed by atoms with Crippen molar-refractivity contribution in [1.29, 1.82) is 5.26 Å². The van der Waals surface area contributed by atoms with Crippen LogP contribution in [0.15, 0.2) is 23.1 Å². The Bertz CT molecular complexity index is 657. The molecule has 0 aliphatic heterocycles. The van der Waals surface area contributed by atoms with Crippen molar-refractivity contribution in [3.63, 3.8) is 0 Å². The van der Waals surface area contributed by atoms with E-state index in [2.05, 4.69) is 18.6 Å². The first-order chi connectivity index (χ1) is 9.26. The monoisotopic (exact) mass is 292 g/mol. The Morgan fingerprint density at radius 2 is 2.10 bits per heavy atom. The Hall–Kier alpha value is -1.38. The molecule has 20 heavy (non-hydrogen) atoms. The average Bonchev–Trinajstić information content (AvgIpc) is 2.67. The fourth-order valence-electron chi connectivity index (χ4n) is 2.82. The van der Waals surface area contributed by atoms with Gasteiger partial charge in [-0.2, -0.15) is 5.26 Å². The molecule has 0 saturated heterocycles. The van der Waals surface area contributed by atoms with Gasteiger partial charge in [0.15, 0.2) is 0 Å². The normalized spacial score (nSPS) is 21.6. The third-order valence-electron chi connectivity index (χ3n) is 4.15. The van der Waals surface area contributed by atoms with Gasteiger partial charge in [-0.3, -0.25) is 0 Å². The molecule has 0 aromatic heterocycles. The topological polar surface area (TPSA) is 70.0 Å². The molecule has 2 rings (SSSR count). The molecule has 0 heterocycles. The number of sulfonamides is 1. The molecule has 1 atom stereocenters. The summed E-state index contributed by atoms with van der Waals surface area (Å²) in [5.41, 5.74) is 1.07. The van der Waals surface area contributed by atoms with Crippen LogP contribution < -0.4 is 4.72 Å². The van der Waals surface area contributed by atoms with E-state index in [4.69, 9.17) is 5.26 Å². The first-order valence-corrected chi connectivity index (χ1v) is 8.28. The quantitative estimate of drug-likeness (QED) is 0.931. The molecule has 0 radical (unpaired) electrons. The van der Waals surface area contributed by atoms with Crippen LogP contribution in [0.2, 0.25) is 0 Å². The van der Waals surface area contributed by atoms with Gasteiger partial charge in [0.05, 0.1) is 16.5 Å². The SMILES string of the molecule is Cc1cc(C#N)ccc1S(=O)(=O)NC1CCCC1(C)C. The fraction of sp³-hybridized carbons (Fsp3) is 0.533. The fourth-order valence-corrected chi connectivity index (χ4v) is 4.48. The second-order valence-electron chi connectivity index (χ2n) is 6.15. The first-order valence-electron chi connectivity index (χ1n) is 6.79. The minimum Gasteiger partial charge on any atom is -0.208 e. The Kier molecular flexibility index (Phi) is 3.90. The van der Waals surface area contributed by atoms with Crippen molar-refractivity contribution in [3.05, 3.63) is 29.3 Å². The molecule has 5 heteroatoms. The summed E-state index contributed by atoms with van der Waals surface area (Å²) in [7, 11) is -3.53. The summed E-state index contributed by atoms with van der Waals surface area (Å²) in [4.78, 5) is 0.263.